The van der Waals surface area contributed by atoms with E-state index in [0.717, 1.165) is 17.1 Å². The number of sulfone groups is 1. The predicted octanol–water partition coefficient (Wildman–Crippen LogP) is 1.94. The lowest BCUT2D eigenvalue weighted by Gasteiger charge is -2.16. The van der Waals surface area contributed by atoms with Gasteiger partial charge in [-0.15, -0.1) is 0 Å². The minimum absolute atomic E-state index is 0.0683. The number of amides is 1. The quantitative estimate of drug-likeness (QED) is 0.769. The van der Waals surface area contributed by atoms with Crippen LogP contribution in [0.4, 0.5) is 0 Å². The first-order chi connectivity index (χ1) is 13.2. The molecular weight excluding hydrogens is 380 g/mol. The summed E-state index contributed by atoms with van der Waals surface area (Å²) in [6.07, 6.45) is -0.626. The van der Waals surface area contributed by atoms with Crippen molar-refractivity contribution in [3.05, 3.63) is 53.3 Å². The topological polar surface area (TPSA) is 94.5 Å². The summed E-state index contributed by atoms with van der Waals surface area (Å²) >= 11 is 0. The van der Waals surface area contributed by atoms with Gasteiger partial charge in [0.2, 0.25) is 0 Å². The second kappa shape index (κ2) is 7.79. The maximum absolute atomic E-state index is 12.3. The molecule has 2 atom stereocenters. The lowest BCUT2D eigenvalue weighted by Crippen LogP contribution is -2.42. The van der Waals surface area contributed by atoms with Crippen molar-refractivity contribution in [2.45, 2.75) is 39.3 Å². The fraction of sp³-hybridized carbons (Fsp3) is 0.400. The molecule has 28 heavy (non-hydrogen) atoms. The predicted molar refractivity (Wildman–Crippen MR) is 105 cm³/mol. The number of carbonyl (C=O) groups is 2. The molecule has 1 aromatic heterocycles. The maximum atomic E-state index is 12.3. The van der Waals surface area contributed by atoms with E-state index >= 15 is 0 Å². The van der Waals surface area contributed by atoms with Crippen molar-refractivity contribution in [3.8, 4) is 5.69 Å². The number of hydrogen-bond donors (Lipinski definition) is 1. The second-order valence-electron chi connectivity index (χ2n) is 7.15. The van der Waals surface area contributed by atoms with Crippen molar-refractivity contribution >= 4 is 21.7 Å². The molecule has 0 unspecified atom stereocenters. The third-order valence-corrected chi connectivity index (χ3v) is 6.63. The third-order valence-electron chi connectivity index (χ3n) is 4.86. The van der Waals surface area contributed by atoms with Gasteiger partial charge in [-0.1, -0.05) is 0 Å². The van der Waals surface area contributed by atoms with Gasteiger partial charge >= 0.3 is 5.97 Å². The number of hydrogen-bond acceptors (Lipinski definition) is 5. The Hall–Kier alpha value is -2.61. The normalized spacial score (nSPS) is 19.2. The first-order valence-corrected chi connectivity index (χ1v) is 11.0. The lowest BCUT2D eigenvalue weighted by molar-refractivity contribution is -0.129. The summed E-state index contributed by atoms with van der Waals surface area (Å²) < 4.78 is 30.2. The van der Waals surface area contributed by atoms with Crippen LogP contribution in [0.2, 0.25) is 0 Å². The van der Waals surface area contributed by atoms with Gasteiger partial charge in [0.05, 0.1) is 17.1 Å². The molecule has 1 fully saturated rings. The Morgan fingerprint density at radius 2 is 1.71 bits per heavy atom. The molecule has 7 nitrogen and oxygen atoms in total. The number of rotatable bonds is 5. The van der Waals surface area contributed by atoms with Crippen LogP contribution in [0.5, 0.6) is 0 Å². The van der Waals surface area contributed by atoms with E-state index in [0.29, 0.717) is 12.0 Å². The summed E-state index contributed by atoms with van der Waals surface area (Å²) in [5, 5.41) is 2.63. The van der Waals surface area contributed by atoms with Crippen LogP contribution in [-0.2, 0) is 19.4 Å². The number of nitrogens with one attached hydrogen (secondary N) is 1. The van der Waals surface area contributed by atoms with Crippen LogP contribution in [-0.4, -0.2) is 48.5 Å². The molecule has 1 aliphatic rings. The van der Waals surface area contributed by atoms with E-state index in [9.17, 15) is 18.0 Å². The summed E-state index contributed by atoms with van der Waals surface area (Å²) in [5.41, 5.74) is 3.46. The summed E-state index contributed by atoms with van der Waals surface area (Å²) in [6.45, 7) is 5.48. The first-order valence-electron chi connectivity index (χ1n) is 9.13. The monoisotopic (exact) mass is 404 g/mol. The molecule has 150 valence electrons. The van der Waals surface area contributed by atoms with E-state index in [2.05, 4.69) is 9.88 Å². The number of esters is 1. The number of ether oxygens (including phenoxy) is 1. The van der Waals surface area contributed by atoms with Gasteiger partial charge in [0.1, 0.15) is 0 Å². The van der Waals surface area contributed by atoms with E-state index < -0.39 is 33.9 Å². The number of benzene rings is 1. The molecule has 2 aromatic rings. The highest BCUT2D eigenvalue weighted by molar-refractivity contribution is 7.91. The average Bonchev–Trinajstić information content (AvgIpc) is 3.15. The fourth-order valence-electron chi connectivity index (χ4n) is 3.33. The molecule has 2 heterocycles. The van der Waals surface area contributed by atoms with Crippen molar-refractivity contribution in [1.29, 1.82) is 0 Å². The Balaban J connectivity index is 1.60. The minimum Gasteiger partial charge on any atom is -0.449 e. The van der Waals surface area contributed by atoms with Crippen LogP contribution in [0, 0.1) is 13.8 Å². The van der Waals surface area contributed by atoms with Crippen molar-refractivity contribution in [2.75, 3.05) is 11.5 Å². The molecule has 8 heteroatoms. The molecule has 0 saturated carbocycles. The minimum atomic E-state index is -3.09. The van der Waals surface area contributed by atoms with Gasteiger partial charge in [-0.3, -0.25) is 4.79 Å². The largest absolute Gasteiger partial charge is 0.449 e. The van der Waals surface area contributed by atoms with E-state index in [-0.39, 0.29) is 11.5 Å². The van der Waals surface area contributed by atoms with Crippen LogP contribution < -0.4 is 5.32 Å². The van der Waals surface area contributed by atoms with Crippen molar-refractivity contribution in [3.63, 3.8) is 0 Å². The Morgan fingerprint density at radius 3 is 2.25 bits per heavy atom. The number of aryl methyl sites for hydroxylation is 2. The zero-order valence-electron chi connectivity index (χ0n) is 16.1. The summed E-state index contributed by atoms with van der Waals surface area (Å²) in [6, 6.07) is 10.6. The Bertz CT molecular complexity index is 973. The molecular formula is C20H24N2O5S. The molecule has 1 aromatic carbocycles. The zero-order valence-corrected chi connectivity index (χ0v) is 17.0. The highest BCUT2D eigenvalue weighted by Gasteiger charge is 2.30. The summed E-state index contributed by atoms with van der Waals surface area (Å²) in [5.74, 6) is -1.10. The number of nitrogens with zero attached hydrogens (tertiary/aromatic N) is 1. The van der Waals surface area contributed by atoms with E-state index in [1.807, 2.05) is 38.1 Å². The zero-order chi connectivity index (χ0) is 20.5. The van der Waals surface area contributed by atoms with Gasteiger partial charge in [0.25, 0.3) is 5.91 Å². The molecule has 1 N–H and O–H groups in total. The second-order valence-corrected chi connectivity index (χ2v) is 9.38. The van der Waals surface area contributed by atoms with Gasteiger partial charge in [-0.05, 0) is 63.6 Å². The van der Waals surface area contributed by atoms with Crippen LogP contribution in [0.1, 0.15) is 35.1 Å². The van der Waals surface area contributed by atoms with Gasteiger partial charge in [0, 0.05) is 23.1 Å². The Morgan fingerprint density at radius 1 is 1.11 bits per heavy atom. The van der Waals surface area contributed by atoms with Gasteiger partial charge in [-0.2, -0.15) is 0 Å². The number of aromatic nitrogens is 1. The van der Waals surface area contributed by atoms with Gasteiger partial charge in [-0.25, -0.2) is 13.2 Å². The van der Waals surface area contributed by atoms with Crippen LogP contribution in [0.15, 0.2) is 36.4 Å². The molecule has 0 spiro atoms. The number of carbonyl (C=O) groups excluding carboxylic acids is 2. The molecule has 1 amide bonds. The fourth-order valence-corrected chi connectivity index (χ4v) is 5.01. The Labute approximate surface area is 164 Å². The highest BCUT2D eigenvalue weighted by Crippen LogP contribution is 2.17. The molecule has 1 aliphatic heterocycles. The molecule has 0 aliphatic carbocycles. The molecule has 3 rings (SSSR count). The van der Waals surface area contributed by atoms with Crippen LogP contribution >= 0.6 is 0 Å². The van der Waals surface area contributed by atoms with Crippen molar-refractivity contribution < 1.29 is 22.7 Å². The third kappa shape index (κ3) is 4.44. The molecule has 0 bridgehead atoms. The summed E-state index contributed by atoms with van der Waals surface area (Å²) in [7, 11) is -3.09. The van der Waals surface area contributed by atoms with Gasteiger partial charge < -0.3 is 14.6 Å². The molecule has 0 radical (unpaired) electrons. The van der Waals surface area contributed by atoms with Crippen LogP contribution in [0.3, 0.4) is 0 Å². The van der Waals surface area contributed by atoms with E-state index in [1.54, 1.807) is 12.1 Å². The van der Waals surface area contributed by atoms with E-state index in [4.69, 9.17) is 4.74 Å². The Kier molecular flexibility index (Phi) is 5.60. The highest BCUT2D eigenvalue weighted by atomic mass is 32.2. The van der Waals surface area contributed by atoms with Crippen molar-refractivity contribution in [1.82, 2.24) is 9.88 Å². The standard InChI is InChI=1S/C20H24N2O5S/c1-13-4-5-14(2)22(13)18-8-6-16(7-9-18)20(24)27-15(3)19(23)21-17-10-11-28(25,26)12-17/h4-9,15,17H,10-12H2,1-3H3,(H,21,23)/t15-,17+/m1/s1. The van der Waals surface area contributed by atoms with E-state index in [1.165, 1.54) is 6.92 Å². The van der Waals surface area contributed by atoms with Gasteiger partial charge in [0.15, 0.2) is 15.9 Å². The first kappa shape index (κ1) is 20.1. The summed E-state index contributed by atoms with van der Waals surface area (Å²) in [4.78, 5) is 24.5. The SMILES string of the molecule is Cc1ccc(C)n1-c1ccc(C(=O)O[C@H](C)C(=O)N[C@H]2CCS(=O)(=O)C2)cc1. The van der Waals surface area contributed by atoms with Crippen LogP contribution in [0.25, 0.3) is 5.69 Å². The average molecular weight is 404 g/mol. The van der Waals surface area contributed by atoms with Crippen molar-refractivity contribution in [2.24, 2.45) is 0 Å². The smallest absolute Gasteiger partial charge is 0.338 e. The molecule has 1 saturated heterocycles. The lowest BCUT2D eigenvalue weighted by atomic mass is 10.2. The maximum Gasteiger partial charge on any atom is 0.338 e.